The van der Waals surface area contributed by atoms with Crippen LogP contribution in [-0.4, -0.2) is 30.5 Å². The molecule has 0 saturated carbocycles. The summed E-state index contributed by atoms with van der Waals surface area (Å²) in [5, 5.41) is 8.55. The van der Waals surface area contributed by atoms with Gasteiger partial charge in [-0.15, -0.1) is 0 Å². The first-order chi connectivity index (χ1) is 12.0. The monoisotopic (exact) mass is 376 g/mol. The Bertz CT molecular complexity index is 358. The second-order valence-corrected chi connectivity index (χ2v) is 10.0. The van der Waals surface area contributed by atoms with E-state index in [1.54, 1.807) is 6.66 Å². The van der Waals surface area contributed by atoms with Gasteiger partial charge in [0, 0.05) is 12.8 Å². The molecule has 0 amide bonds. The van der Waals surface area contributed by atoms with Gasteiger partial charge in [0.2, 0.25) is 0 Å². The van der Waals surface area contributed by atoms with E-state index >= 15 is 0 Å². The number of carboxylic acid groups (broad SMARTS) is 1. The van der Waals surface area contributed by atoms with Crippen molar-refractivity contribution in [3.8, 4) is 0 Å². The SMILES string of the molecule is CCCCCCCCCCCCCCCCP(C)(=O)OCCC(=O)O. The smallest absolute Gasteiger partial charge is 0.305 e. The summed E-state index contributed by atoms with van der Waals surface area (Å²) in [4.78, 5) is 10.4. The standard InChI is InChI=1S/C20H41O4P/c1-3-4-5-6-7-8-9-10-11-12-13-14-15-16-19-25(2,23)24-18-17-20(21)22/h3-19H2,1-2H3,(H,21,22). The lowest BCUT2D eigenvalue weighted by molar-refractivity contribution is -0.137. The van der Waals surface area contributed by atoms with Crippen LogP contribution >= 0.6 is 7.37 Å². The van der Waals surface area contributed by atoms with Crippen LogP contribution in [0, 0.1) is 0 Å². The van der Waals surface area contributed by atoms with Crippen molar-refractivity contribution in [2.45, 2.75) is 103 Å². The topological polar surface area (TPSA) is 63.6 Å². The quantitative estimate of drug-likeness (QED) is 0.197. The van der Waals surface area contributed by atoms with Crippen LogP contribution in [0.15, 0.2) is 0 Å². The summed E-state index contributed by atoms with van der Waals surface area (Å²) in [5.74, 6) is -0.906. The van der Waals surface area contributed by atoms with E-state index in [0.29, 0.717) is 6.16 Å². The molecule has 0 fully saturated rings. The summed E-state index contributed by atoms with van der Waals surface area (Å²) in [7, 11) is -2.60. The van der Waals surface area contributed by atoms with E-state index in [1.807, 2.05) is 0 Å². The second-order valence-electron chi connectivity index (χ2n) is 7.31. The highest BCUT2D eigenvalue weighted by Crippen LogP contribution is 2.43. The molecule has 1 N–H and O–H groups in total. The predicted molar refractivity (Wildman–Crippen MR) is 107 cm³/mol. The molecule has 1 unspecified atom stereocenters. The molecule has 150 valence electrons. The molecule has 4 nitrogen and oxygen atoms in total. The molecule has 0 radical (unpaired) electrons. The van der Waals surface area contributed by atoms with Crippen LogP contribution in [0.4, 0.5) is 0 Å². The Labute approximate surface area is 155 Å². The van der Waals surface area contributed by atoms with Crippen molar-refractivity contribution < 1.29 is 19.0 Å². The van der Waals surface area contributed by atoms with Crippen molar-refractivity contribution in [1.82, 2.24) is 0 Å². The third-order valence-electron chi connectivity index (χ3n) is 4.60. The predicted octanol–water partition coefficient (Wildman–Crippen LogP) is 6.87. The van der Waals surface area contributed by atoms with Gasteiger partial charge in [0.25, 0.3) is 0 Å². The van der Waals surface area contributed by atoms with Crippen LogP contribution in [0.2, 0.25) is 0 Å². The van der Waals surface area contributed by atoms with Gasteiger partial charge in [-0.3, -0.25) is 9.36 Å². The Morgan fingerprint density at radius 2 is 1.20 bits per heavy atom. The van der Waals surface area contributed by atoms with Gasteiger partial charge in [0.15, 0.2) is 7.37 Å². The maximum Gasteiger partial charge on any atom is 0.305 e. The highest BCUT2D eigenvalue weighted by atomic mass is 31.2. The fourth-order valence-corrected chi connectivity index (χ4v) is 4.39. The van der Waals surface area contributed by atoms with Crippen molar-refractivity contribution in [1.29, 1.82) is 0 Å². The zero-order valence-electron chi connectivity index (χ0n) is 16.6. The molecule has 0 aliphatic carbocycles. The van der Waals surface area contributed by atoms with Gasteiger partial charge in [0.05, 0.1) is 13.0 Å². The molecule has 0 rings (SSSR count). The second kappa shape index (κ2) is 17.1. The van der Waals surface area contributed by atoms with Crippen molar-refractivity contribution in [3.63, 3.8) is 0 Å². The van der Waals surface area contributed by atoms with E-state index in [-0.39, 0.29) is 13.0 Å². The number of carbonyl (C=O) groups is 1. The molecule has 0 aliphatic rings. The Balaban J connectivity index is 3.27. The Hall–Kier alpha value is -0.340. The van der Waals surface area contributed by atoms with Crippen LogP contribution in [0.25, 0.3) is 0 Å². The molecule has 0 bridgehead atoms. The highest BCUT2D eigenvalue weighted by Gasteiger charge is 2.15. The Morgan fingerprint density at radius 1 is 0.800 bits per heavy atom. The average Bonchev–Trinajstić information content (AvgIpc) is 2.54. The van der Waals surface area contributed by atoms with E-state index in [2.05, 4.69) is 6.92 Å². The van der Waals surface area contributed by atoms with Crippen LogP contribution in [0.3, 0.4) is 0 Å². The van der Waals surface area contributed by atoms with Crippen molar-refractivity contribution in [2.24, 2.45) is 0 Å². The van der Waals surface area contributed by atoms with E-state index in [0.717, 1.165) is 12.8 Å². The van der Waals surface area contributed by atoms with Crippen LogP contribution in [0.1, 0.15) is 103 Å². The number of unbranched alkanes of at least 4 members (excludes halogenated alkanes) is 13. The van der Waals surface area contributed by atoms with Gasteiger partial charge in [0.1, 0.15) is 0 Å². The van der Waals surface area contributed by atoms with Crippen LogP contribution in [0.5, 0.6) is 0 Å². The molecular formula is C20H41O4P. The van der Waals surface area contributed by atoms with Gasteiger partial charge in [-0.2, -0.15) is 0 Å². The Kier molecular flexibility index (Phi) is 16.9. The maximum absolute atomic E-state index is 12.1. The summed E-state index contributed by atoms with van der Waals surface area (Å²) in [6, 6.07) is 0. The first-order valence-electron chi connectivity index (χ1n) is 10.4. The molecule has 25 heavy (non-hydrogen) atoms. The van der Waals surface area contributed by atoms with E-state index in [9.17, 15) is 9.36 Å². The van der Waals surface area contributed by atoms with Gasteiger partial charge in [-0.1, -0.05) is 90.4 Å². The normalized spacial score (nSPS) is 13.7. The molecule has 0 heterocycles. The summed E-state index contributed by atoms with van der Waals surface area (Å²) < 4.78 is 17.3. The summed E-state index contributed by atoms with van der Waals surface area (Å²) in [5.41, 5.74) is 0. The number of hydrogen-bond donors (Lipinski definition) is 1. The minimum Gasteiger partial charge on any atom is -0.481 e. The lowest BCUT2D eigenvalue weighted by Gasteiger charge is -2.13. The van der Waals surface area contributed by atoms with Crippen molar-refractivity contribution >= 4 is 13.3 Å². The zero-order chi connectivity index (χ0) is 18.8. The summed E-state index contributed by atoms with van der Waals surface area (Å²) >= 11 is 0. The minimum absolute atomic E-state index is 0.0573. The Morgan fingerprint density at radius 3 is 1.60 bits per heavy atom. The van der Waals surface area contributed by atoms with Gasteiger partial charge >= 0.3 is 5.97 Å². The van der Waals surface area contributed by atoms with E-state index in [1.165, 1.54) is 77.0 Å². The number of hydrogen-bond acceptors (Lipinski definition) is 3. The zero-order valence-corrected chi connectivity index (χ0v) is 17.5. The van der Waals surface area contributed by atoms with Crippen molar-refractivity contribution in [2.75, 3.05) is 19.4 Å². The molecule has 1 atom stereocenters. The van der Waals surface area contributed by atoms with Gasteiger partial charge < -0.3 is 9.63 Å². The molecule has 0 aromatic carbocycles. The van der Waals surface area contributed by atoms with Crippen molar-refractivity contribution in [3.05, 3.63) is 0 Å². The third-order valence-corrected chi connectivity index (χ3v) is 6.46. The maximum atomic E-state index is 12.1. The number of rotatable bonds is 19. The fourth-order valence-electron chi connectivity index (χ4n) is 2.98. The third kappa shape index (κ3) is 19.8. The summed E-state index contributed by atoms with van der Waals surface area (Å²) in [6.07, 6.45) is 18.7. The molecule has 0 aromatic heterocycles. The lowest BCUT2D eigenvalue weighted by Crippen LogP contribution is -2.02. The molecule has 5 heteroatoms. The minimum atomic E-state index is -2.60. The lowest BCUT2D eigenvalue weighted by atomic mass is 10.0. The van der Waals surface area contributed by atoms with E-state index < -0.39 is 13.3 Å². The van der Waals surface area contributed by atoms with Crippen LogP contribution < -0.4 is 0 Å². The van der Waals surface area contributed by atoms with Crippen LogP contribution in [-0.2, 0) is 13.9 Å². The fraction of sp³-hybridized carbons (Fsp3) is 0.950. The number of carboxylic acids is 1. The van der Waals surface area contributed by atoms with Gasteiger partial charge in [-0.05, 0) is 6.42 Å². The largest absolute Gasteiger partial charge is 0.481 e. The highest BCUT2D eigenvalue weighted by molar-refractivity contribution is 7.58. The first-order valence-corrected chi connectivity index (χ1v) is 12.7. The molecule has 0 aliphatic heterocycles. The molecule has 0 saturated heterocycles. The first kappa shape index (κ1) is 24.7. The van der Waals surface area contributed by atoms with Gasteiger partial charge in [-0.25, -0.2) is 0 Å². The van der Waals surface area contributed by atoms with E-state index in [4.69, 9.17) is 9.63 Å². The number of aliphatic carboxylic acids is 1. The molecule has 0 spiro atoms. The summed E-state index contributed by atoms with van der Waals surface area (Å²) in [6.45, 7) is 3.94. The molecular weight excluding hydrogens is 335 g/mol. The average molecular weight is 377 g/mol. The molecule has 0 aromatic rings.